The molecule has 3 saturated carbocycles. The smallest absolute Gasteiger partial charge is 0.337 e. The van der Waals surface area contributed by atoms with Gasteiger partial charge in [0, 0.05) is 54.0 Å². The van der Waals surface area contributed by atoms with Gasteiger partial charge in [0.15, 0.2) is 0 Å². The normalized spacial score (nSPS) is 36.7. The maximum absolute atomic E-state index is 12.1. The molecule has 266 valence electrons. The maximum Gasteiger partial charge on any atom is 0.337 e. The van der Waals surface area contributed by atoms with E-state index in [0.717, 1.165) is 68.3 Å². The second-order valence-electron chi connectivity index (χ2n) is 17.7. The molecule has 1 N–H and O–H groups in total. The first-order chi connectivity index (χ1) is 22.8. The molecule has 1 heterocycles. The zero-order chi connectivity index (χ0) is 34.3. The molecule has 1 aromatic carbocycles. The summed E-state index contributed by atoms with van der Waals surface area (Å²) in [7, 11) is 0.837. The molecule has 5 nitrogen and oxygen atoms in total. The molecule has 7 unspecified atom stereocenters. The Hall–Kier alpha value is -1.76. The van der Waals surface area contributed by atoms with Crippen molar-refractivity contribution in [1.29, 1.82) is 0 Å². The number of nitrogens with one attached hydrogen (secondary N) is 1. The third-order valence-corrected chi connectivity index (χ3v) is 15.9. The van der Waals surface area contributed by atoms with Gasteiger partial charge in [0.05, 0.1) is 12.7 Å². The molecule has 48 heavy (non-hydrogen) atoms. The average molecular weight is 677 g/mol. The number of methoxy groups -OCH3 is 1. The third kappa shape index (κ3) is 6.81. The number of ether oxygens (including phenoxy) is 1. The predicted octanol–water partition coefficient (Wildman–Crippen LogP) is 8.67. The van der Waals surface area contributed by atoms with E-state index in [1.165, 1.54) is 81.6 Å². The fraction of sp³-hybridized carbons (Fsp3) is 0.738. The van der Waals surface area contributed by atoms with E-state index in [0.29, 0.717) is 22.3 Å². The highest BCUT2D eigenvalue weighted by Crippen LogP contribution is 2.71. The van der Waals surface area contributed by atoms with E-state index in [4.69, 9.17) is 4.74 Å². The number of allylic oxidation sites excluding steroid dienone is 3. The minimum absolute atomic E-state index is 0.0796. The van der Waals surface area contributed by atoms with Crippen LogP contribution in [0.2, 0.25) is 0 Å². The molecule has 0 amide bonds. The van der Waals surface area contributed by atoms with Crippen molar-refractivity contribution < 1.29 is 13.7 Å². The highest BCUT2D eigenvalue weighted by Gasteiger charge is 2.63. The van der Waals surface area contributed by atoms with Gasteiger partial charge < -0.3 is 15.0 Å². The second kappa shape index (κ2) is 14.1. The monoisotopic (exact) mass is 676 g/mol. The lowest BCUT2D eigenvalue weighted by Crippen LogP contribution is -2.62. The van der Waals surface area contributed by atoms with Crippen molar-refractivity contribution >= 4 is 22.3 Å². The van der Waals surface area contributed by atoms with Gasteiger partial charge in [-0.05, 0) is 141 Å². The van der Waals surface area contributed by atoms with E-state index in [-0.39, 0.29) is 16.9 Å². The Morgan fingerprint density at radius 3 is 2.42 bits per heavy atom. The van der Waals surface area contributed by atoms with Gasteiger partial charge in [-0.2, -0.15) is 0 Å². The summed E-state index contributed by atoms with van der Waals surface area (Å²) in [6.45, 7) is 20.9. The van der Waals surface area contributed by atoms with Crippen LogP contribution >= 0.6 is 0 Å². The lowest BCUT2D eigenvalue weighted by atomic mass is 9.37. The molecular weight excluding hydrogens is 613 g/mol. The SMILES string of the molecule is C=C(C)CCCC1(NCCN2CCS(=O)CC2)CCC2C(CCC3C2(C)CCC2C(C)(C)C(c4ccc(C(=O)OC)cc4)=CCC23C)C1. The first-order valence-corrected chi connectivity index (χ1v) is 20.7. The minimum Gasteiger partial charge on any atom is -0.465 e. The van der Waals surface area contributed by atoms with Crippen LogP contribution in [0.4, 0.5) is 0 Å². The Bertz CT molecular complexity index is 1390. The van der Waals surface area contributed by atoms with E-state index in [9.17, 15) is 9.00 Å². The number of carbonyl (C=O) groups is 1. The molecule has 5 aliphatic rings. The third-order valence-electron chi connectivity index (χ3n) is 14.6. The summed E-state index contributed by atoms with van der Waals surface area (Å²) in [4.78, 5) is 14.6. The summed E-state index contributed by atoms with van der Waals surface area (Å²) in [5.74, 6) is 4.45. The Kier molecular flexibility index (Phi) is 10.6. The van der Waals surface area contributed by atoms with Crippen molar-refractivity contribution in [1.82, 2.24) is 10.2 Å². The summed E-state index contributed by atoms with van der Waals surface area (Å²) >= 11 is 0. The first-order valence-electron chi connectivity index (χ1n) is 19.2. The van der Waals surface area contributed by atoms with E-state index >= 15 is 0 Å². The van der Waals surface area contributed by atoms with Gasteiger partial charge in [-0.25, -0.2) is 4.79 Å². The Morgan fingerprint density at radius 2 is 1.73 bits per heavy atom. The summed E-state index contributed by atoms with van der Waals surface area (Å²) in [5, 5.41) is 4.20. The number of fused-ring (bicyclic) bond motifs is 5. The van der Waals surface area contributed by atoms with Crippen LogP contribution in [0, 0.1) is 39.9 Å². The van der Waals surface area contributed by atoms with Crippen LogP contribution in [0.1, 0.15) is 121 Å². The van der Waals surface area contributed by atoms with Crippen LogP contribution in [-0.2, 0) is 15.5 Å². The number of carbonyl (C=O) groups excluding carboxylic acids is 1. The molecule has 6 heteroatoms. The second-order valence-corrected chi connectivity index (χ2v) is 19.4. The van der Waals surface area contributed by atoms with Crippen molar-refractivity contribution in [3.05, 3.63) is 53.6 Å². The van der Waals surface area contributed by atoms with Crippen molar-refractivity contribution in [3.63, 3.8) is 0 Å². The fourth-order valence-corrected chi connectivity index (χ4v) is 13.4. The largest absolute Gasteiger partial charge is 0.465 e. The summed E-state index contributed by atoms with van der Waals surface area (Å²) < 4.78 is 16.9. The molecule has 0 bridgehead atoms. The molecule has 4 aliphatic carbocycles. The average Bonchev–Trinajstić information content (AvgIpc) is 3.05. The highest BCUT2D eigenvalue weighted by molar-refractivity contribution is 7.85. The summed E-state index contributed by atoms with van der Waals surface area (Å²) in [6.07, 6.45) is 16.8. The van der Waals surface area contributed by atoms with Gasteiger partial charge in [-0.3, -0.25) is 4.21 Å². The lowest BCUT2D eigenvalue weighted by Gasteiger charge is -2.68. The molecule has 1 aromatic rings. The van der Waals surface area contributed by atoms with Crippen LogP contribution in [0.15, 0.2) is 42.5 Å². The van der Waals surface area contributed by atoms with Crippen LogP contribution < -0.4 is 5.32 Å². The molecule has 6 rings (SSSR count). The van der Waals surface area contributed by atoms with Crippen LogP contribution in [0.3, 0.4) is 0 Å². The highest BCUT2D eigenvalue weighted by atomic mass is 32.2. The predicted molar refractivity (Wildman–Crippen MR) is 200 cm³/mol. The first kappa shape index (κ1) is 36.0. The van der Waals surface area contributed by atoms with E-state index in [1.807, 2.05) is 12.1 Å². The van der Waals surface area contributed by atoms with Crippen molar-refractivity contribution in [3.8, 4) is 0 Å². The standard InChI is InChI=1S/C42H64N2O3S/c1-30(2)9-8-19-42(43-23-24-44-25-27-48(46)28-26-44)22-17-35-33(29-42)14-15-37-40(35,5)21-18-36-39(3,4)34(16-20-41(36,37)6)31-10-12-32(13-11-31)38(45)47-7/h10-13,16,33,35-37,43H,1,8-9,14-15,17-29H2,2-7H3. The number of hydrogen-bond donors (Lipinski definition) is 1. The Morgan fingerprint density at radius 1 is 1.00 bits per heavy atom. The maximum atomic E-state index is 12.1. The van der Waals surface area contributed by atoms with Gasteiger partial charge in [0.1, 0.15) is 0 Å². The van der Waals surface area contributed by atoms with Crippen LogP contribution in [0.5, 0.6) is 0 Å². The zero-order valence-corrected chi connectivity index (χ0v) is 31.8. The Balaban J connectivity index is 1.17. The zero-order valence-electron chi connectivity index (χ0n) is 31.0. The molecule has 4 fully saturated rings. The van der Waals surface area contributed by atoms with Crippen molar-refractivity contribution in [2.24, 2.45) is 39.9 Å². The minimum atomic E-state index is -0.611. The molecule has 0 radical (unpaired) electrons. The van der Waals surface area contributed by atoms with Crippen LogP contribution in [-0.4, -0.2) is 65.4 Å². The number of rotatable bonds is 10. The quantitative estimate of drug-likeness (QED) is 0.199. The topological polar surface area (TPSA) is 58.6 Å². The molecule has 7 atom stereocenters. The van der Waals surface area contributed by atoms with Gasteiger partial charge in [0.2, 0.25) is 0 Å². The fourth-order valence-electron chi connectivity index (χ4n) is 12.2. The number of nitrogens with zero attached hydrogens (tertiary/aromatic N) is 1. The number of hydrogen-bond acceptors (Lipinski definition) is 5. The molecule has 1 aliphatic heterocycles. The van der Waals surface area contributed by atoms with Crippen molar-refractivity contribution in [2.75, 3.05) is 44.8 Å². The van der Waals surface area contributed by atoms with Crippen molar-refractivity contribution in [2.45, 2.75) is 111 Å². The van der Waals surface area contributed by atoms with Gasteiger partial charge in [0.25, 0.3) is 0 Å². The van der Waals surface area contributed by atoms with E-state index in [2.05, 4.69) is 69.6 Å². The Labute approximate surface area is 294 Å². The molecule has 0 spiro atoms. The number of benzene rings is 1. The van der Waals surface area contributed by atoms with E-state index < -0.39 is 10.8 Å². The van der Waals surface area contributed by atoms with Crippen LogP contribution in [0.25, 0.3) is 5.57 Å². The number of esters is 1. The lowest BCUT2D eigenvalue weighted by molar-refractivity contribution is -0.163. The van der Waals surface area contributed by atoms with E-state index in [1.54, 1.807) is 0 Å². The van der Waals surface area contributed by atoms with Gasteiger partial charge >= 0.3 is 5.97 Å². The molecule has 0 aromatic heterocycles. The summed E-state index contributed by atoms with van der Waals surface area (Å²) in [5.41, 5.74) is 5.68. The summed E-state index contributed by atoms with van der Waals surface area (Å²) in [6, 6.07) is 8.12. The molecular formula is C42H64N2O3S. The molecule has 1 saturated heterocycles. The van der Waals surface area contributed by atoms with Gasteiger partial charge in [-0.1, -0.05) is 51.5 Å². The van der Waals surface area contributed by atoms with Gasteiger partial charge in [-0.15, -0.1) is 6.58 Å².